The van der Waals surface area contributed by atoms with Crippen LogP contribution in [0.5, 0.6) is 0 Å². The van der Waals surface area contributed by atoms with E-state index in [0.29, 0.717) is 0 Å². The van der Waals surface area contributed by atoms with Gasteiger partial charge >= 0.3 is 24.8 Å². The summed E-state index contributed by atoms with van der Waals surface area (Å²) >= 11 is 6.76. The van der Waals surface area contributed by atoms with Crippen molar-refractivity contribution in [3.63, 3.8) is 0 Å². The van der Waals surface area contributed by atoms with Gasteiger partial charge in [0.25, 0.3) is 0 Å². The average Bonchev–Trinajstić information content (AvgIpc) is 3.44. The van der Waals surface area contributed by atoms with Gasteiger partial charge in [-0.05, 0) is 45.8 Å². The van der Waals surface area contributed by atoms with Crippen LogP contribution in [0.25, 0.3) is 65.2 Å². The molecule has 46 heavy (non-hydrogen) atoms. The Balaban J connectivity index is 0.000000274. The Hall–Kier alpha value is -1.92. The van der Waals surface area contributed by atoms with Crippen molar-refractivity contribution in [1.29, 1.82) is 0 Å². The molecule has 8 aromatic rings. The predicted octanol–water partition coefficient (Wildman–Crippen LogP) is 11.5. The second-order valence-electron chi connectivity index (χ2n) is 10.4. The number of halogens is 1. The zero-order chi connectivity index (χ0) is 29.5. The summed E-state index contributed by atoms with van der Waals surface area (Å²) in [4.78, 5) is 0. The van der Waals surface area contributed by atoms with Crippen LogP contribution in [0, 0.1) is 13.8 Å². The third-order valence-electron chi connectivity index (χ3n) is 8.04. The van der Waals surface area contributed by atoms with Gasteiger partial charge in [0.15, 0.2) is 0 Å². The predicted molar refractivity (Wildman–Crippen MR) is 203 cm³/mol. The van der Waals surface area contributed by atoms with Crippen LogP contribution in [0.1, 0.15) is 26.0 Å². The van der Waals surface area contributed by atoms with Gasteiger partial charge in [-0.25, -0.2) is 0 Å². The monoisotopic (exact) mass is 834 g/mol. The van der Waals surface area contributed by atoms with Gasteiger partial charge in [0, 0.05) is 106 Å². The number of aromatic nitrogens is 2. The number of aryl methyl sites for hydroxylation is 2. The van der Waals surface area contributed by atoms with E-state index in [9.17, 15) is 0 Å². The molecule has 3 radical (unpaired) electrons. The molecule has 0 N–H and O–H groups in total. The average molecular weight is 835 g/mol. The van der Waals surface area contributed by atoms with Crippen LogP contribution in [-0.4, -0.2) is 16.8 Å². The Morgan fingerprint density at radius 3 is 1.41 bits per heavy atom. The van der Waals surface area contributed by atoms with Crippen LogP contribution in [0.15, 0.2) is 112 Å². The molecule has 0 aliphatic rings. The van der Waals surface area contributed by atoms with Gasteiger partial charge in [-0.3, -0.25) is 0 Å². The third-order valence-corrected chi connectivity index (χ3v) is 8.53. The molecular weight excluding hydrogens is 799 g/mol. The number of fused-ring (bicyclic) bond motifs is 10. The Kier molecular flexibility index (Phi) is 14.8. The summed E-state index contributed by atoms with van der Waals surface area (Å²) in [6.45, 7) is 8.42. The maximum absolute atomic E-state index is 4.34. The summed E-state index contributed by atoms with van der Waals surface area (Å²) in [5.74, 6) is 0. The molecule has 0 saturated heterocycles. The first-order chi connectivity index (χ1) is 20.3. The fourth-order valence-electron chi connectivity index (χ4n) is 6.25. The van der Waals surface area contributed by atoms with Crippen molar-refractivity contribution >= 4 is 102 Å². The van der Waals surface area contributed by atoms with Crippen LogP contribution in [0.2, 0.25) is 0 Å². The molecule has 0 amide bonds. The van der Waals surface area contributed by atoms with Crippen LogP contribution < -0.4 is 0 Å². The first-order valence-corrected chi connectivity index (χ1v) is 14.7. The van der Waals surface area contributed by atoms with Gasteiger partial charge in [-0.15, -0.1) is 22.9 Å². The Labute approximate surface area is 338 Å². The van der Waals surface area contributed by atoms with Gasteiger partial charge in [-0.2, -0.15) is 37.1 Å². The molecule has 6 aromatic carbocycles. The second kappa shape index (κ2) is 17.0. The molecule has 0 aliphatic carbocycles. The maximum atomic E-state index is 4.34. The summed E-state index contributed by atoms with van der Waals surface area (Å²) < 4.78 is 8.36. The van der Waals surface area contributed by atoms with Gasteiger partial charge in [-0.1, -0.05) is 96.2 Å². The van der Waals surface area contributed by atoms with E-state index in [1.165, 1.54) is 65.2 Å². The van der Waals surface area contributed by atoms with Crippen molar-refractivity contribution in [3.05, 3.63) is 133 Å². The van der Waals surface area contributed by atoms with Crippen LogP contribution >= 0.6 is 28.7 Å². The quantitative estimate of drug-likeness (QED) is 0.0893. The topological polar surface area (TPSA) is 22.2 Å². The van der Waals surface area contributed by atoms with E-state index in [-0.39, 0.29) is 80.3 Å². The van der Waals surface area contributed by atoms with Crippen molar-refractivity contribution in [1.82, 2.24) is 9.13 Å². The first-order valence-electron chi connectivity index (χ1n) is 13.5. The van der Waals surface area contributed by atoms with Gasteiger partial charge < -0.3 is 9.13 Å². The fraction of sp³-hybridized carbons (Fsp3) is 0.105. The van der Waals surface area contributed by atoms with Crippen molar-refractivity contribution in [2.45, 2.75) is 14.9 Å². The van der Waals surface area contributed by atoms with Crippen LogP contribution in [0.3, 0.4) is 0 Å². The van der Waals surface area contributed by atoms with Crippen molar-refractivity contribution < 1.29 is 65.4 Å². The molecule has 2 heterocycles. The van der Waals surface area contributed by atoms with Gasteiger partial charge in [0.1, 0.15) is 0 Å². The molecule has 8 rings (SSSR count). The number of nitrogens with zero attached hydrogens (tertiary/aromatic N) is 3. The molecule has 0 atom stereocenters. The molecular formula is C38H36BBrN3SY2-2. The number of thiol groups is 1. The number of rotatable bonds is 0. The third kappa shape index (κ3) is 7.09. The van der Waals surface area contributed by atoms with Crippen molar-refractivity contribution in [2.24, 2.45) is 18.4 Å². The Morgan fingerprint density at radius 2 is 0.935 bits per heavy atom. The van der Waals surface area contributed by atoms with E-state index in [1.807, 2.05) is 0 Å². The largest absolute Gasteiger partial charge is 0.345 e. The fourth-order valence-corrected chi connectivity index (χ4v) is 6.62. The summed E-state index contributed by atoms with van der Waals surface area (Å²) in [6, 6.07) is 36.4. The molecule has 0 fully saturated rings. The summed E-state index contributed by atoms with van der Waals surface area (Å²) in [5.41, 5.74) is 7.28. The Bertz CT molecular complexity index is 2310. The van der Waals surface area contributed by atoms with E-state index in [4.69, 9.17) is 0 Å². The van der Waals surface area contributed by atoms with E-state index in [0.717, 1.165) is 15.6 Å². The molecule has 0 unspecified atom stereocenters. The molecule has 3 nitrogen and oxygen atoms in total. The van der Waals surface area contributed by atoms with Crippen molar-refractivity contribution in [2.75, 3.05) is 0 Å². The van der Waals surface area contributed by atoms with Gasteiger partial charge in [0.2, 0.25) is 0 Å². The minimum atomic E-state index is 0. The summed E-state index contributed by atoms with van der Waals surface area (Å²) in [5, 5.41) is 10.1. The van der Waals surface area contributed by atoms with E-state index in [1.54, 1.807) is 0 Å². The van der Waals surface area contributed by atoms with Crippen LogP contribution in [0.4, 0.5) is 0 Å². The minimum absolute atomic E-state index is 0. The van der Waals surface area contributed by atoms with Crippen LogP contribution in [-0.2, 0) is 79.5 Å². The maximum Gasteiger partial charge on any atom is 0.0478 e. The molecule has 8 heteroatoms. The summed E-state index contributed by atoms with van der Waals surface area (Å²) in [7, 11) is 8.61. The second-order valence-corrected chi connectivity index (χ2v) is 11.5. The van der Waals surface area contributed by atoms with E-state index < -0.39 is 0 Å². The normalized spacial score (nSPS) is 10.2. The zero-order valence-corrected chi connectivity index (χ0v) is 32.8. The number of hydrogen-bond donors (Lipinski definition) is 1. The first kappa shape index (κ1) is 40.3. The summed E-state index contributed by atoms with van der Waals surface area (Å²) in [6.07, 6.45) is 0. The number of para-hydroxylation sites is 1. The Morgan fingerprint density at radius 1 is 0.565 bits per heavy atom. The number of hydrogen-bond acceptors (Lipinski definition) is 2. The molecule has 2 aromatic heterocycles. The zero-order valence-electron chi connectivity index (χ0n) is 24.6. The minimum Gasteiger partial charge on any atom is -0.345 e. The SMILES string of the molecule is C.C.[B]=NS.[CH2-]c1cc2c3cc(Br)ccc3n(C)c2c2ccccc12.[CH2-]c1cc2c3ccccc3n(C)c2c2ccccc12.[Y].[Y]. The standard InChI is InChI=1S/C18H13BrN.C18H14N.2CH4.BHNS.2Y/c1-11-9-16-15-10-12(19)7-8-17(15)20(2)18(16)14-6-4-3-5-13(11)14;1-12-11-16-14-8-5-6-10-17(14)19(2)18(16)15-9-4-3-7-13(12)15;;;1-2-3;;/h3-10H,1H2,2H3;3-11H,1H2,2H3;2*1H4;3H;;/q2*-1;;;;;. The molecule has 0 bridgehead atoms. The smallest absolute Gasteiger partial charge is 0.0478 e. The molecule has 0 aliphatic heterocycles. The number of benzene rings is 6. The van der Waals surface area contributed by atoms with Gasteiger partial charge in [0.05, 0.1) is 0 Å². The molecule has 227 valence electrons. The van der Waals surface area contributed by atoms with E-state index in [2.05, 4.69) is 181 Å². The van der Waals surface area contributed by atoms with E-state index >= 15 is 0 Å². The molecule has 0 spiro atoms. The van der Waals surface area contributed by atoms with Crippen molar-refractivity contribution in [3.8, 4) is 0 Å². The molecule has 0 saturated carbocycles.